The summed E-state index contributed by atoms with van der Waals surface area (Å²) in [5, 5.41) is 8.86. The number of nitrogens with zero attached hydrogens (tertiary/aromatic N) is 3. The van der Waals surface area contributed by atoms with Gasteiger partial charge in [0.05, 0.1) is 24.1 Å². The SMILES string of the molecule is N#Cc1ccccc1N1C=NCC1. The highest BCUT2D eigenvalue weighted by atomic mass is 15.2. The standard InChI is InChI=1S/C10H9N3/c11-7-9-3-1-2-4-10(9)13-6-5-12-8-13/h1-4,8H,5-6H2. The number of benzene rings is 1. The van der Waals surface area contributed by atoms with Gasteiger partial charge in [-0.3, -0.25) is 4.99 Å². The van der Waals surface area contributed by atoms with Gasteiger partial charge in [-0.1, -0.05) is 12.1 Å². The van der Waals surface area contributed by atoms with E-state index >= 15 is 0 Å². The number of aliphatic imine (C=N–C) groups is 1. The monoisotopic (exact) mass is 171 g/mol. The fourth-order valence-electron chi connectivity index (χ4n) is 1.38. The van der Waals surface area contributed by atoms with Crippen LogP contribution in [0.4, 0.5) is 5.69 Å². The zero-order valence-electron chi connectivity index (χ0n) is 7.14. The summed E-state index contributed by atoms with van der Waals surface area (Å²) in [6, 6.07) is 9.73. The third-order valence-electron chi connectivity index (χ3n) is 2.02. The van der Waals surface area contributed by atoms with Gasteiger partial charge in [0.2, 0.25) is 0 Å². The van der Waals surface area contributed by atoms with Gasteiger partial charge in [-0.25, -0.2) is 0 Å². The third-order valence-corrected chi connectivity index (χ3v) is 2.02. The zero-order valence-corrected chi connectivity index (χ0v) is 7.14. The molecule has 0 fully saturated rings. The molecule has 0 aromatic heterocycles. The summed E-state index contributed by atoms with van der Waals surface area (Å²) in [6.45, 7) is 1.69. The van der Waals surface area contributed by atoms with E-state index in [0.29, 0.717) is 5.56 Å². The maximum Gasteiger partial charge on any atom is 0.101 e. The largest absolute Gasteiger partial charge is 0.330 e. The van der Waals surface area contributed by atoms with Crippen molar-refractivity contribution < 1.29 is 0 Å². The van der Waals surface area contributed by atoms with Crippen molar-refractivity contribution in [2.24, 2.45) is 4.99 Å². The molecule has 1 aromatic carbocycles. The van der Waals surface area contributed by atoms with Crippen LogP contribution in [0.3, 0.4) is 0 Å². The van der Waals surface area contributed by atoms with Crippen LogP contribution in [0, 0.1) is 11.3 Å². The molecule has 1 aliphatic heterocycles. The summed E-state index contributed by atoms with van der Waals surface area (Å²) in [5.74, 6) is 0. The predicted octanol–water partition coefficient (Wildman–Crippen LogP) is 1.41. The van der Waals surface area contributed by atoms with E-state index in [9.17, 15) is 0 Å². The average Bonchev–Trinajstić information content (AvgIpc) is 2.70. The van der Waals surface area contributed by atoms with Crippen molar-refractivity contribution in [3.63, 3.8) is 0 Å². The molecule has 0 N–H and O–H groups in total. The molecular weight excluding hydrogens is 162 g/mol. The van der Waals surface area contributed by atoms with Crippen molar-refractivity contribution in [2.75, 3.05) is 18.0 Å². The highest BCUT2D eigenvalue weighted by Gasteiger charge is 2.10. The van der Waals surface area contributed by atoms with E-state index in [1.807, 2.05) is 29.2 Å². The number of rotatable bonds is 1. The Labute approximate surface area is 76.9 Å². The minimum absolute atomic E-state index is 0.704. The van der Waals surface area contributed by atoms with E-state index in [-0.39, 0.29) is 0 Å². The van der Waals surface area contributed by atoms with Gasteiger partial charge in [0, 0.05) is 6.54 Å². The predicted molar refractivity (Wildman–Crippen MR) is 51.9 cm³/mol. The van der Waals surface area contributed by atoms with Crippen LogP contribution in [0.2, 0.25) is 0 Å². The minimum Gasteiger partial charge on any atom is -0.330 e. The average molecular weight is 171 g/mol. The summed E-state index contributed by atoms with van der Waals surface area (Å²) in [5.41, 5.74) is 1.65. The number of anilines is 1. The van der Waals surface area contributed by atoms with Gasteiger partial charge in [0.25, 0.3) is 0 Å². The first-order valence-corrected chi connectivity index (χ1v) is 4.17. The number of nitriles is 1. The van der Waals surface area contributed by atoms with Gasteiger partial charge in [-0.15, -0.1) is 0 Å². The van der Waals surface area contributed by atoms with Crippen molar-refractivity contribution in [1.29, 1.82) is 5.26 Å². The first kappa shape index (κ1) is 7.81. The second-order valence-corrected chi connectivity index (χ2v) is 2.84. The van der Waals surface area contributed by atoms with Crippen molar-refractivity contribution in [3.05, 3.63) is 29.8 Å². The zero-order chi connectivity index (χ0) is 9.10. The molecule has 0 saturated heterocycles. The first-order valence-electron chi connectivity index (χ1n) is 4.17. The summed E-state index contributed by atoms with van der Waals surface area (Å²) in [6.07, 6.45) is 1.79. The molecule has 0 unspecified atom stereocenters. The molecule has 0 spiro atoms. The topological polar surface area (TPSA) is 39.4 Å². The lowest BCUT2D eigenvalue weighted by Crippen LogP contribution is -2.19. The van der Waals surface area contributed by atoms with Gasteiger partial charge in [0.1, 0.15) is 6.07 Å². The van der Waals surface area contributed by atoms with E-state index in [4.69, 9.17) is 5.26 Å². The Balaban J connectivity index is 2.39. The fraction of sp³-hybridized carbons (Fsp3) is 0.200. The summed E-state index contributed by atoms with van der Waals surface area (Å²) in [7, 11) is 0. The second kappa shape index (κ2) is 3.28. The molecule has 0 bridgehead atoms. The van der Waals surface area contributed by atoms with E-state index in [1.54, 1.807) is 6.34 Å². The summed E-state index contributed by atoms with van der Waals surface area (Å²) >= 11 is 0. The normalized spacial score (nSPS) is 14.5. The number of para-hydroxylation sites is 1. The van der Waals surface area contributed by atoms with Gasteiger partial charge in [-0.2, -0.15) is 5.26 Å². The molecule has 13 heavy (non-hydrogen) atoms. The Morgan fingerprint density at radius 1 is 1.38 bits per heavy atom. The van der Waals surface area contributed by atoms with E-state index < -0.39 is 0 Å². The minimum atomic E-state index is 0.704. The molecule has 1 aliphatic rings. The van der Waals surface area contributed by atoms with E-state index in [0.717, 1.165) is 18.8 Å². The van der Waals surface area contributed by atoms with Crippen LogP contribution in [0.1, 0.15) is 5.56 Å². The quantitative estimate of drug-likeness (QED) is 0.640. The molecule has 0 radical (unpaired) electrons. The molecule has 64 valence electrons. The molecule has 0 aliphatic carbocycles. The summed E-state index contributed by atoms with van der Waals surface area (Å²) in [4.78, 5) is 6.11. The van der Waals surface area contributed by atoms with E-state index in [2.05, 4.69) is 11.1 Å². The van der Waals surface area contributed by atoms with Crippen LogP contribution >= 0.6 is 0 Å². The van der Waals surface area contributed by atoms with Gasteiger partial charge >= 0.3 is 0 Å². The molecule has 2 rings (SSSR count). The Bertz CT molecular complexity index is 376. The van der Waals surface area contributed by atoms with Crippen molar-refractivity contribution in [2.45, 2.75) is 0 Å². The van der Waals surface area contributed by atoms with Crippen LogP contribution in [0.25, 0.3) is 0 Å². The van der Waals surface area contributed by atoms with Crippen molar-refractivity contribution in [1.82, 2.24) is 0 Å². The maximum absolute atomic E-state index is 8.86. The molecule has 0 saturated carbocycles. The number of hydrogen-bond donors (Lipinski definition) is 0. The molecule has 3 nitrogen and oxygen atoms in total. The highest BCUT2D eigenvalue weighted by Crippen LogP contribution is 2.19. The lowest BCUT2D eigenvalue weighted by Gasteiger charge is -2.14. The lowest BCUT2D eigenvalue weighted by atomic mass is 10.2. The molecule has 1 aromatic rings. The van der Waals surface area contributed by atoms with Crippen LogP contribution < -0.4 is 4.90 Å². The van der Waals surface area contributed by atoms with Crippen LogP contribution in [0.15, 0.2) is 29.3 Å². The summed E-state index contributed by atoms with van der Waals surface area (Å²) < 4.78 is 0. The molecule has 1 heterocycles. The van der Waals surface area contributed by atoms with Crippen molar-refractivity contribution in [3.8, 4) is 6.07 Å². The molecular formula is C10H9N3. The first-order chi connectivity index (χ1) is 6.42. The van der Waals surface area contributed by atoms with Gasteiger partial charge in [-0.05, 0) is 12.1 Å². The lowest BCUT2D eigenvalue weighted by molar-refractivity contribution is 1.02. The fourth-order valence-corrected chi connectivity index (χ4v) is 1.38. The highest BCUT2D eigenvalue weighted by molar-refractivity contribution is 5.83. The molecule has 0 atom stereocenters. The van der Waals surface area contributed by atoms with Crippen molar-refractivity contribution >= 4 is 12.0 Å². The van der Waals surface area contributed by atoms with Gasteiger partial charge in [0.15, 0.2) is 0 Å². The number of hydrogen-bond acceptors (Lipinski definition) is 3. The Kier molecular flexibility index (Phi) is 1.97. The molecule has 0 amide bonds. The Morgan fingerprint density at radius 2 is 2.23 bits per heavy atom. The van der Waals surface area contributed by atoms with Crippen LogP contribution in [-0.2, 0) is 0 Å². The third kappa shape index (κ3) is 1.38. The Hall–Kier alpha value is -1.82. The maximum atomic E-state index is 8.86. The molecule has 3 heteroatoms. The second-order valence-electron chi connectivity index (χ2n) is 2.84. The van der Waals surface area contributed by atoms with Gasteiger partial charge < -0.3 is 4.90 Å². The van der Waals surface area contributed by atoms with Crippen LogP contribution in [-0.4, -0.2) is 19.4 Å². The van der Waals surface area contributed by atoms with E-state index in [1.165, 1.54) is 0 Å². The van der Waals surface area contributed by atoms with Crippen LogP contribution in [0.5, 0.6) is 0 Å². The smallest absolute Gasteiger partial charge is 0.101 e. The Morgan fingerprint density at radius 3 is 2.92 bits per heavy atom.